The van der Waals surface area contributed by atoms with E-state index in [2.05, 4.69) is 0 Å². The molecule has 0 heterocycles. The van der Waals surface area contributed by atoms with Gasteiger partial charge in [0.05, 0.1) is 6.54 Å². The van der Waals surface area contributed by atoms with Crippen LogP contribution in [0.1, 0.15) is 19.8 Å². The maximum absolute atomic E-state index is 12.4. The van der Waals surface area contributed by atoms with Crippen molar-refractivity contribution in [3.05, 3.63) is 24.3 Å². The molecule has 0 atom stereocenters. The summed E-state index contributed by atoms with van der Waals surface area (Å²) >= 11 is 0. The molecular weight excluding hydrogens is 268 g/mol. The molecule has 0 saturated carbocycles. The lowest BCUT2D eigenvalue weighted by molar-refractivity contribution is -0.118. The van der Waals surface area contributed by atoms with Crippen LogP contribution in [-0.2, 0) is 14.8 Å². The lowest BCUT2D eigenvalue weighted by Crippen LogP contribution is -2.39. The van der Waals surface area contributed by atoms with Crippen LogP contribution >= 0.6 is 0 Å². The molecule has 19 heavy (non-hydrogen) atoms. The molecule has 0 aliphatic rings. The molecule has 1 rings (SSSR count). The summed E-state index contributed by atoms with van der Waals surface area (Å²) in [4.78, 5) is 10.8. The van der Waals surface area contributed by atoms with Crippen molar-refractivity contribution < 1.29 is 18.3 Å². The van der Waals surface area contributed by atoms with Gasteiger partial charge in [-0.2, -0.15) is 4.31 Å². The van der Waals surface area contributed by atoms with Gasteiger partial charge in [-0.15, -0.1) is 0 Å². The van der Waals surface area contributed by atoms with Crippen molar-refractivity contribution in [2.24, 2.45) is 5.73 Å². The van der Waals surface area contributed by atoms with E-state index in [0.717, 1.165) is 10.7 Å². The van der Waals surface area contributed by atoms with Crippen LogP contribution in [0.5, 0.6) is 5.75 Å². The zero-order chi connectivity index (χ0) is 14.5. The number of carbonyl (C=O) groups is 1. The Morgan fingerprint density at radius 1 is 1.37 bits per heavy atom. The summed E-state index contributed by atoms with van der Waals surface area (Å²) in [6.07, 6.45) is 1.39. The second kappa shape index (κ2) is 6.53. The van der Waals surface area contributed by atoms with Gasteiger partial charge in [0.15, 0.2) is 0 Å². The highest BCUT2D eigenvalue weighted by Gasteiger charge is 2.27. The lowest BCUT2D eigenvalue weighted by Gasteiger charge is -2.20. The van der Waals surface area contributed by atoms with Gasteiger partial charge in [-0.25, -0.2) is 8.42 Å². The van der Waals surface area contributed by atoms with E-state index in [0.29, 0.717) is 6.42 Å². The summed E-state index contributed by atoms with van der Waals surface area (Å²) in [5, 5.41) is 9.63. The molecule has 0 unspecified atom stereocenters. The molecule has 106 valence electrons. The Balaban J connectivity index is 3.12. The van der Waals surface area contributed by atoms with Crippen LogP contribution in [0.25, 0.3) is 0 Å². The fraction of sp³-hybridized carbons (Fsp3) is 0.417. The number of sulfonamides is 1. The van der Waals surface area contributed by atoms with Crippen molar-refractivity contribution in [3.8, 4) is 5.75 Å². The predicted molar refractivity (Wildman–Crippen MR) is 71.0 cm³/mol. The highest BCUT2D eigenvalue weighted by Crippen LogP contribution is 2.25. The van der Waals surface area contributed by atoms with Crippen molar-refractivity contribution in [1.29, 1.82) is 0 Å². The third kappa shape index (κ3) is 3.93. The molecule has 1 aromatic rings. The normalized spacial score (nSPS) is 11.7. The minimum absolute atomic E-state index is 0.191. The molecule has 0 bridgehead atoms. The molecule has 6 nitrogen and oxygen atoms in total. The van der Waals surface area contributed by atoms with Gasteiger partial charge >= 0.3 is 0 Å². The summed E-state index contributed by atoms with van der Waals surface area (Å²) in [5.74, 6) is -1.07. The van der Waals surface area contributed by atoms with Gasteiger partial charge in [0.2, 0.25) is 15.9 Å². The van der Waals surface area contributed by atoms with E-state index in [1.165, 1.54) is 24.3 Å². The van der Waals surface area contributed by atoms with Gasteiger partial charge in [0.1, 0.15) is 10.6 Å². The molecule has 0 fully saturated rings. The number of carbonyl (C=O) groups excluding carboxylic acids is 1. The molecule has 0 aliphatic carbocycles. The predicted octanol–water partition coefficient (Wildman–Crippen LogP) is 0.668. The van der Waals surface area contributed by atoms with E-state index in [1.54, 1.807) is 0 Å². The van der Waals surface area contributed by atoms with E-state index in [9.17, 15) is 18.3 Å². The first-order valence-electron chi connectivity index (χ1n) is 5.96. The molecule has 1 aromatic carbocycles. The second-order valence-corrected chi connectivity index (χ2v) is 6.03. The number of primary amides is 1. The zero-order valence-electron chi connectivity index (χ0n) is 10.7. The number of hydrogen-bond acceptors (Lipinski definition) is 4. The number of aromatic hydroxyl groups is 1. The van der Waals surface area contributed by atoms with Crippen LogP contribution in [0.2, 0.25) is 0 Å². The van der Waals surface area contributed by atoms with E-state index >= 15 is 0 Å². The summed E-state index contributed by atoms with van der Waals surface area (Å²) in [5.41, 5.74) is 5.07. The Labute approximate surface area is 112 Å². The minimum Gasteiger partial charge on any atom is -0.507 e. The molecule has 0 radical (unpaired) electrons. The fourth-order valence-electron chi connectivity index (χ4n) is 1.61. The number of benzene rings is 1. The van der Waals surface area contributed by atoms with E-state index in [1.807, 2.05) is 6.92 Å². The van der Waals surface area contributed by atoms with Gasteiger partial charge in [-0.1, -0.05) is 25.5 Å². The largest absolute Gasteiger partial charge is 0.507 e. The van der Waals surface area contributed by atoms with Gasteiger partial charge in [-0.3, -0.25) is 4.79 Å². The average molecular weight is 286 g/mol. The van der Waals surface area contributed by atoms with Gasteiger partial charge in [0, 0.05) is 6.54 Å². The smallest absolute Gasteiger partial charge is 0.247 e. The standard InChI is InChI=1S/C12H18N2O4S/c1-2-3-8-14(9-12(13)16)19(17,18)11-7-5-4-6-10(11)15/h4-7,15H,2-3,8-9H2,1H3,(H2,13,16). The molecule has 3 N–H and O–H groups in total. The maximum atomic E-state index is 12.4. The second-order valence-electron chi connectivity index (χ2n) is 4.13. The van der Waals surface area contributed by atoms with Crippen molar-refractivity contribution >= 4 is 15.9 Å². The van der Waals surface area contributed by atoms with Crippen LogP contribution in [0.3, 0.4) is 0 Å². The summed E-state index contributed by atoms with van der Waals surface area (Å²) in [6, 6.07) is 5.62. The number of para-hydroxylation sites is 1. The van der Waals surface area contributed by atoms with Crippen molar-refractivity contribution in [2.75, 3.05) is 13.1 Å². The first-order valence-corrected chi connectivity index (χ1v) is 7.40. The molecule has 7 heteroatoms. The molecule has 0 aliphatic heterocycles. The topological polar surface area (TPSA) is 101 Å². The number of nitrogens with zero attached hydrogens (tertiary/aromatic N) is 1. The van der Waals surface area contributed by atoms with Gasteiger partial charge in [-0.05, 0) is 18.6 Å². The zero-order valence-corrected chi connectivity index (χ0v) is 11.6. The number of rotatable bonds is 7. The Bertz CT molecular complexity index is 542. The molecule has 0 saturated heterocycles. The van der Waals surface area contributed by atoms with E-state index < -0.39 is 22.5 Å². The lowest BCUT2D eigenvalue weighted by atomic mass is 10.3. The number of phenolic OH excluding ortho intramolecular Hbond substituents is 1. The Morgan fingerprint density at radius 3 is 2.53 bits per heavy atom. The molecule has 0 spiro atoms. The van der Waals surface area contributed by atoms with Crippen molar-refractivity contribution in [3.63, 3.8) is 0 Å². The minimum atomic E-state index is -3.92. The van der Waals surface area contributed by atoms with Gasteiger partial charge in [0.25, 0.3) is 0 Å². The number of unbranched alkanes of at least 4 members (excludes halogenated alkanes) is 1. The Kier molecular flexibility index (Phi) is 5.31. The first kappa shape index (κ1) is 15.5. The summed E-state index contributed by atoms with van der Waals surface area (Å²) in [6.45, 7) is 1.71. The van der Waals surface area contributed by atoms with Crippen LogP contribution < -0.4 is 5.73 Å². The number of nitrogens with two attached hydrogens (primary N) is 1. The molecule has 0 aromatic heterocycles. The quantitative estimate of drug-likeness (QED) is 0.769. The summed E-state index contributed by atoms with van der Waals surface area (Å²) in [7, 11) is -3.92. The van der Waals surface area contributed by atoms with E-state index in [-0.39, 0.29) is 17.2 Å². The number of amides is 1. The molecular formula is C12H18N2O4S. The van der Waals surface area contributed by atoms with E-state index in [4.69, 9.17) is 5.73 Å². The Morgan fingerprint density at radius 2 is 2.00 bits per heavy atom. The van der Waals surface area contributed by atoms with Crippen LogP contribution in [0, 0.1) is 0 Å². The first-order chi connectivity index (χ1) is 8.89. The number of phenols is 1. The molecule has 1 amide bonds. The van der Waals surface area contributed by atoms with Crippen LogP contribution in [-0.4, -0.2) is 36.8 Å². The highest BCUT2D eigenvalue weighted by atomic mass is 32.2. The number of hydrogen-bond donors (Lipinski definition) is 2. The third-order valence-electron chi connectivity index (χ3n) is 2.58. The van der Waals surface area contributed by atoms with Crippen LogP contribution in [0.4, 0.5) is 0 Å². The average Bonchev–Trinajstić information content (AvgIpc) is 2.34. The summed E-state index contributed by atoms with van der Waals surface area (Å²) < 4.78 is 25.7. The maximum Gasteiger partial charge on any atom is 0.247 e. The third-order valence-corrected chi connectivity index (χ3v) is 4.47. The fourth-order valence-corrected chi connectivity index (χ4v) is 3.13. The van der Waals surface area contributed by atoms with Crippen molar-refractivity contribution in [1.82, 2.24) is 4.31 Å². The highest BCUT2D eigenvalue weighted by molar-refractivity contribution is 7.89. The Hall–Kier alpha value is -1.60. The monoisotopic (exact) mass is 286 g/mol. The SMILES string of the molecule is CCCCN(CC(N)=O)S(=O)(=O)c1ccccc1O. The van der Waals surface area contributed by atoms with Gasteiger partial charge < -0.3 is 10.8 Å². The van der Waals surface area contributed by atoms with Crippen molar-refractivity contribution in [2.45, 2.75) is 24.7 Å². The van der Waals surface area contributed by atoms with Crippen LogP contribution in [0.15, 0.2) is 29.2 Å².